The van der Waals surface area contributed by atoms with Gasteiger partial charge in [-0.05, 0) is 37.5 Å². The van der Waals surface area contributed by atoms with Crippen LogP contribution in [0, 0.1) is 11.3 Å². The summed E-state index contributed by atoms with van der Waals surface area (Å²) < 4.78 is 5.20. The van der Waals surface area contributed by atoms with Gasteiger partial charge in [0.15, 0.2) is 0 Å². The number of thiophene rings is 1. The summed E-state index contributed by atoms with van der Waals surface area (Å²) in [5.74, 6) is -0.395. The first-order valence-corrected chi connectivity index (χ1v) is 9.60. The Bertz CT molecular complexity index is 802. The van der Waals surface area contributed by atoms with Crippen LogP contribution >= 0.6 is 22.9 Å². The van der Waals surface area contributed by atoms with Crippen LogP contribution < -0.4 is 5.32 Å². The Balaban J connectivity index is 2.08. The highest BCUT2D eigenvalue weighted by Gasteiger charge is 2.27. The van der Waals surface area contributed by atoms with Crippen molar-refractivity contribution in [2.45, 2.75) is 38.6 Å². The maximum absolute atomic E-state index is 12.4. The molecule has 130 valence electrons. The summed E-state index contributed by atoms with van der Waals surface area (Å²) >= 11 is 7.28. The van der Waals surface area contributed by atoms with Crippen LogP contribution in [-0.2, 0) is 4.74 Å². The number of ether oxygens (including phenoxy) is 1. The number of hydrogen-bond acceptors (Lipinski definition) is 5. The standard InChI is InChI=1S/C19H19ClN2O2S/c1-2-24-19(23)17-16(12-7-9-13(20)10-8-12)15(11-21)18(25-17)22-14-5-3-4-6-14/h7-10,14,22H,2-6H2,1H3. The molecule has 1 aliphatic carbocycles. The van der Waals surface area contributed by atoms with Crippen molar-refractivity contribution >= 4 is 33.9 Å². The molecular formula is C19H19ClN2O2S. The molecule has 1 N–H and O–H groups in total. The van der Waals surface area contributed by atoms with E-state index in [1.165, 1.54) is 24.2 Å². The Hall–Kier alpha value is -2.03. The van der Waals surface area contributed by atoms with Crippen molar-refractivity contribution in [1.29, 1.82) is 5.26 Å². The van der Waals surface area contributed by atoms with Crippen LogP contribution in [0.5, 0.6) is 0 Å². The number of anilines is 1. The van der Waals surface area contributed by atoms with Gasteiger partial charge in [0, 0.05) is 16.6 Å². The third-order valence-corrected chi connectivity index (χ3v) is 5.66. The molecule has 1 aromatic carbocycles. The molecule has 1 fully saturated rings. The van der Waals surface area contributed by atoms with Crippen LogP contribution in [0.1, 0.15) is 47.8 Å². The second-order valence-corrected chi connectivity index (χ2v) is 7.43. The molecule has 0 saturated heterocycles. The number of carbonyl (C=O) groups excluding carboxylic acids is 1. The zero-order chi connectivity index (χ0) is 17.8. The van der Waals surface area contributed by atoms with Gasteiger partial charge in [-0.3, -0.25) is 0 Å². The lowest BCUT2D eigenvalue weighted by molar-refractivity contribution is 0.0533. The quantitative estimate of drug-likeness (QED) is 0.704. The van der Waals surface area contributed by atoms with E-state index in [1.54, 1.807) is 19.1 Å². The number of esters is 1. The smallest absolute Gasteiger partial charge is 0.349 e. The lowest BCUT2D eigenvalue weighted by atomic mass is 10.0. The number of nitrogens with zero attached hydrogens (tertiary/aromatic N) is 1. The summed E-state index contributed by atoms with van der Waals surface area (Å²) in [7, 11) is 0. The molecule has 0 amide bonds. The van der Waals surface area contributed by atoms with Crippen LogP contribution in [0.3, 0.4) is 0 Å². The first-order chi connectivity index (χ1) is 12.1. The third kappa shape index (κ3) is 3.81. The summed E-state index contributed by atoms with van der Waals surface area (Å²) in [6.07, 6.45) is 4.57. The Labute approximate surface area is 156 Å². The van der Waals surface area contributed by atoms with Crippen molar-refractivity contribution in [3.8, 4) is 17.2 Å². The Morgan fingerprint density at radius 3 is 2.64 bits per heavy atom. The van der Waals surface area contributed by atoms with Gasteiger partial charge < -0.3 is 10.1 Å². The topological polar surface area (TPSA) is 62.1 Å². The lowest BCUT2D eigenvalue weighted by Gasteiger charge is -2.11. The van der Waals surface area contributed by atoms with E-state index in [4.69, 9.17) is 16.3 Å². The van der Waals surface area contributed by atoms with Gasteiger partial charge in [-0.25, -0.2) is 4.79 Å². The second-order valence-electron chi connectivity index (χ2n) is 5.98. The Kier molecular flexibility index (Phi) is 5.62. The summed E-state index contributed by atoms with van der Waals surface area (Å²) in [4.78, 5) is 12.9. The van der Waals surface area contributed by atoms with Gasteiger partial charge in [0.25, 0.3) is 0 Å². The molecule has 3 rings (SSSR count). The van der Waals surface area contributed by atoms with Crippen LogP contribution in [0.15, 0.2) is 24.3 Å². The van der Waals surface area contributed by atoms with Crippen LogP contribution in [-0.4, -0.2) is 18.6 Å². The highest BCUT2D eigenvalue weighted by Crippen LogP contribution is 2.41. The number of nitrogens with one attached hydrogen (secondary N) is 1. The average molecular weight is 375 g/mol. The van der Waals surface area contributed by atoms with Crippen molar-refractivity contribution in [2.75, 3.05) is 11.9 Å². The van der Waals surface area contributed by atoms with Gasteiger partial charge in [0.05, 0.1) is 12.2 Å². The second kappa shape index (κ2) is 7.90. The van der Waals surface area contributed by atoms with Crippen LogP contribution in [0.4, 0.5) is 5.00 Å². The molecule has 0 spiro atoms. The molecule has 0 atom stereocenters. The molecule has 1 aromatic heterocycles. The van der Waals surface area contributed by atoms with E-state index >= 15 is 0 Å². The van der Waals surface area contributed by atoms with Crippen LogP contribution in [0.25, 0.3) is 11.1 Å². The minimum Gasteiger partial charge on any atom is -0.462 e. The highest BCUT2D eigenvalue weighted by atomic mass is 35.5. The first kappa shape index (κ1) is 17.8. The molecule has 1 heterocycles. The van der Waals surface area contributed by atoms with Crippen LogP contribution in [0.2, 0.25) is 5.02 Å². The molecule has 0 aliphatic heterocycles. The van der Waals surface area contributed by atoms with Crippen molar-refractivity contribution < 1.29 is 9.53 Å². The molecule has 1 saturated carbocycles. The van der Waals surface area contributed by atoms with E-state index in [0.717, 1.165) is 23.4 Å². The molecule has 6 heteroatoms. The normalized spacial score (nSPS) is 14.3. The minimum atomic E-state index is -0.395. The number of hydrogen-bond donors (Lipinski definition) is 1. The predicted octanol–water partition coefficient (Wildman–Crippen LogP) is 5.47. The van der Waals surface area contributed by atoms with Crippen molar-refractivity contribution in [3.63, 3.8) is 0 Å². The van der Waals surface area contributed by atoms with Gasteiger partial charge in [-0.2, -0.15) is 5.26 Å². The SMILES string of the molecule is CCOC(=O)c1sc(NC2CCCC2)c(C#N)c1-c1ccc(Cl)cc1. The van der Waals surface area contributed by atoms with E-state index in [0.29, 0.717) is 33.7 Å². The molecular weight excluding hydrogens is 356 g/mol. The fourth-order valence-corrected chi connectivity index (χ4v) is 4.40. The summed E-state index contributed by atoms with van der Waals surface area (Å²) in [5, 5.41) is 14.6. The monoisotopic (exact) mass is 374 g/mol. The molecule has 2 aromatic rings. The summed E-state index contributed by atoms with van der Waals surface area (Å²) in [5.41, 5.74) is 1.92. The fourth-order valence-electron chi connectivity index (χ4n) is 3.13. The maximum atomic E-state index is 12.4. The fraction of sp³-hybridized carbons (Fsp3) is 0.368. The van der Waals surface area contributed by atoms with E-state index in [2.05, 4.69) is 11.4 Å². The Morgan fingerprint density at radius 1 is 1.36 bits per heavy atom. The zero-order valence-electron chi connectivity index (χ0n) is 14.0. The zero-order valence-corrected chi connectivity index (χ0v) is 15.5. The van der Waals surface area contributed by atoms with E-state index in [1.807, 2.05) is 12.1 Å². The molecule has 25 heavy (non-hydrogen) atoms. The van der Waals surface area contributed by atoms with Gasteiger partial charge in [-0.15, -0.1) is 11.3 Å². The first-order valence-electron chi connectivity index (χ1n) is 8.40. The highest BCUT2D eigenvalue weighted by molar-refractivity contribution is 7.18. The average Bonchev–Trinajstić information content (AvgIpc) is 3.24. The van der Waals surface area contributed by atoms with Gasteiger partial charge >= 0.3 is 5.97 Å². The molecule has 0 bridgehead atoms. The van der Waals surface area contributed by atoms with Gasteiger partial charge in [0.2, 0.25) is 0 Å². The van der Waals surface area contributed by atoms with Crippen molar-refractivity contribution in [2.24, 2.45) is 0 Å². The van der Waals surface area contributed by atoms with E-state index in [9.17, 15) is 10.1 Å². The van der Waals surface area contributed by atoms with E-state index in [-0.39, 0.29) is 0 Å². The van der Waals surface area contributed by atoms with Crippen molar-refractivity contribution in [3.05, 3.63) is 39.7 Å². The van der Waals surface area contributed by atoms with Crippen molar-refractivity contribution in [1.82, 2.24) is 0 Å². The maximum Gasteiger partial charge on any atom is 0.349 e. The number of nitriles is 1. The molecule has 0 radical (unpaired) electrons. The lowest BCUT2D eigenvalue weighted by Crippen LogP contribution is -2.14. The Morgan fingerprint density at radius 2 is 2.04 bits per heavy atom. The minimum absolute atomic E-state index is 0.296. The molecule has 0 unspecified atom stereocenters. The number of rotatable bonds is 5. The third-order valence-electron chi connectivity index (χ3n) is 4.30. The van der Waals surface area contributed by atoms with Gasteiger partial charge in [-0.1, -0.05) is 36.6 Å². The molecule has 4 nitrogen and oxygen atoms in total. The summed E-state index contributed by atoms with van der Waals surface area (Å²) in [6.45, 7) is 2.07. The predicted molar refractivity (Wildman–Crippen MR) is 101 cm³/mol. The largest absolute Gasteiger partial charge is 0.462 e. The van der Waals surface area contributed by atoms with E-state index < -0.39 is 5.97 Å². The molecule has 1 aliphatic rings. The summed E-state index contributed by atoms with van der Waals surface area (Å²) in [6, 6.07) is 9.81. The number of benzene rings is 1. The number of carbonyl (C=O) groups is 1. The number of halogens is 1. The van der Waals surface area contributed by atoms with Gasteiger partial charge in [0.1, 0.15) is 15.9 Å².